The third-order valence-corrected chi connectivity index (χ3v) is 4.83. The molecule has 23 heavy (non-hydrogen) atoms. The van der Waals surface area contributed by atoms with Gasteiger partial charge in [-0.1, -0.05) is 6.92 Å². The number of benzene rings is 1. The molecule has 1 aromatic heterocycles. The molecule has 5 heteroatoms. The minimum absolute atomic E-state index is 0.140. The van der Waals surface area contributed by atoms with E-state index in [4.69, 9.17) is 0 Å². The maximum absolute atomic E-state index is 13.2. The monoisotopic (exact) mass is 317 g/mol. The Labute approximate surface area is 136 Å². The number of nitrogens with zero attached hydrogens (tertiary/aromatic N) is 1. The van der Waals surface area contributed by atoms with Gasteiger partial charge in [-0.15, -0.1) is 0 Å². The highest BCUT2D eigenvalue weighted by Crippen LogP contribution is 2.18. The van der Waals surface area contributed by atoms with Crippen LogP contribution >= 0.6 is 0 Å². The molecule has 1 aliphatic rings. The number of nitrogens with one attached hydrogen (secondary N) is 2. The fraction of sp³-hybridized carbons (Fsp3) is 0.500. The fourth-order valence-corrected chi connectivity index (χ4v) is 3.16. The number of aromatic amines is 1. The molecular weight excluding hydrogens is 293 g/mol. The predicted octanol–water partition coefficient (Wildman–Crippen LogP) is 3.16. The standard InChI is InChI=1S/C18H24FN3O/c1-12-5-7-22(8-6-12)13(2)11-20-18(23)17-10-14-9-15(19)3-4-16(14)21-17/h3-4,9-10,12-13,21H,5-8,11H2,1-2H3,(H,20,23). The molecule has 0 radical (unpaired) electrons. The summed E-state index contributed by atoms with van der Waals surface area (Å²) in [6.45, 7) is 7.27. The van der Waals surface area contributed by atoms with Crippen LogP contribution in [0.2, 0.25) is 0 Å². The number of halogens is 1. The van der Waals surface area contributed by atoms with E-state index in [0.29, 0.717) is 23.7 Å². The van der Waals surface area contributed by atoms with Crippen molar-refractivity contribution in [1.82, 2.24) is 15.2 Å². The number of piperidine rings is 1. The molecule has 0 bridgehead atoms. The van der Waals surface area contributed by atoms with E-state index in [-0.39, 0.29) is 11.7 Å². The molecule has 2 N–H and O–H groups in total. The summed E-state index contributed by atoms with van der Waals surface area (Å²) in [6.07, 6.45) is 2.46. The second-order valence-electron chi connectivity index (χ2n) is 6.69. The van der Waals surface area contributed by atoms with Gasteiger partial charge in [0.15, 0.2) is 0 Å². The lowest BCUT2D eigenvalue weighted by Gasteiger charge is -2.34. The zero-order valence-electron chi connectivity index (χ0n) is 13.7. The van der Waals surface area contributed by atoms with E-state index in [1.54, 1.807) is 12.1 Å². The lowest BCUT2D eigenvalue weighted by Crippen LogP contribution is -2.45. The molecule has 1 saturated heterocycles. The second kappa shape index (κ2) is 6.71. The molecule has 1 unspecified atom stereocenters. The van der Waals surface area contributed by atoms with Gasteiger partial charge in [-0.25, -0.2) is 4.39 Å². The molecule has 0 saturated carbocycles. The van der Waals surface area contributed by atoms with Gasteiger partial charge >= 0.3 is 0 Å². The van der Waals surface area contributed by atoms with Crippen LogP contribution in [0.4, 0.5) is 4.39 Å². The summed E-state index contributed by atoms with van der Waals surface area (Å²) in [4.78, 5) is 17.8. The number of rotatable bonds is 4. The van der Waals surface area contributed by atoms with Crippen LogP contribution in [0.15, 0.2) is 24.3 Å². The van der Waals surface area contributed by atoms with Crippen LogP contribution in [0.1, 0.15) is 37.2 Å². The van der Waals surface area contributed by atoms with Crippen molar-refractivity contribution < 1.29 is 9.18 Å². The van der Waals surface area contributed by atoms with Gasteiger partial charge in [-0.05, 0) is 63.0 Å². The van der Waals surface area contributed by atoms with Gasteiger partial charge in [-0.2, -0.15) is 0 Å². The van der Waals surface area contributed by atoms with E-state index in [0.717, 1.165) is 24.5 Å². The van der Waals surface area contributed by atoms with Gasteiger partial charge in [0.25, 0.3) is 5.91 Å². The maximum atomic E-state index is 13.2. The zero-order valence-corrected chi connectivity index (χ0v) is 13.7. The minimum atomic E-state index is -0.295. The maximum Gasteiger partial charge on any atom is 0.267 e. The third-order valence-electron chi connectivity index (χ3n) is 4.83. The summed E-state index contributed by atoms with van der Waals surface area (Å²) in [5.41, 5.74) is 1.25. The number of fused-ring (bicyclic) bond motifs is 1. The molecule has 3 rings (SSSR count). The number of carbonyl (C=O) groups excluding carboxylic acids is 1. The van der Waals surface area contributed by atoms with Gasteiger partial charge in [0.1, 0.15) is 11.5 Å². The number of aromatic nitrogens is 1. The van der Waals surface area contributed by atoms with Crippen molar-refractivity contribution in [1.29, 1.82) is 0 Å². The molecular formula is C18H24FN3O. The van der Waals surface area contributed by atoms with Gasteiger partial charge in [-0.3, -0.25) is 9.69 Å². The van der Waals surface area contributed by atoms with Crippen LogP contribution in [0.5, 0.6) is 0 Å². The average molecular weight is 317 g/mol. The molecule has 124 valence electrons. The van der Waals surface area contributed by atoms with E-state index in [1.807, 2.05) is 0 Å². The second-order valence-corrected chi connectivity index (χ2v) is 6.69. The van der Waals surface area contributed by atoms with E-state index in [9.17, 15) is 9.18 Å². The first-order valence-corrected chi connectivity index (χ1v) is 8.33. The predicted molar refractivity (Wildman–Crippen MR) is 90.0 cm³/mol. The van der Waals surface area contributed by atoms with Crippen LogP contribution in [0, 0.1) is 11.7 Å². The lowest BCUT2D eigenvalue weighted by molar-refractivity contribution is 0.0917. The highest BCUT2D eigenvalue weighted by Gasteiger charge is 2.21. The molecule has 2 heterocycles. The summed E-state index contributed by atoms with van der Waals surface area (Å²) in [5, 5.41) is 3.69. The van der Waals surface area contributed by atoms with Gasteiger partial charge in [0, 0.05) is 23.5 Å². The Kier molecular flexibility index (Phi) is 4.66. The first-order chi connectivity index (χ1) is 11.0. The van der Waals surface area contributed by atoms with Gasteiger partial charge < -0.3 is 10.3 Å². The van der Waals surface area contributed by atoms with E-state index >= 15 is 0 Å². The Morgan fingerprint density at radius 3 is 2.87 bits per heavy atom. The van der Waals surface area contributed by atoms with Crippen molar-refractivity contribution in [3.8, 4) is 0 Å². The summed E-state index contributed by atoms with van der Waals surface area (Å²) in [7, 11) is 0. The molecule has 0 spiro atoms. The van der Waals surface area contributed by atoms with Crippen molar-refractivity contribution in [2.75, 3.05) is 19.6 Å². The molecule has 1 amide bonds. The van der Waals surface area contributed by atoms with Crippen molar-refractivity contribution in [3.63, 3.8) is 0 Å². The number of hydrogen-bond donors (Lipinski definition) is 2. The van der Waals surface area contributed by atoms with Crippen molar-refractivity contribution >= 4 is 16.8 Å². The molecule has 1 fully saturated rings. The normalized spacial score (nSPS) is 18.2. The van der Waals surface area contributed by atoms with Crippen molar-refractivity contribution in [2.45, 2.75) is 32.7 Å². The highest BCUT2D eigenvalue weighted by molar-refractivity contribution is 5.98. The van der Waals surface area contributed by atoms with Crippen molar-refractivity contribution in [2.24, 2.45) is 5.92 Å². The Hall–Kier alpha value is -1.88. The van der Waals surface area contributed by atoms with E-state index < -0.39 is 0 Å². The van der Waals surface area contributed by atoms with Crippen LogP contribution in [-0.2, 0) is 0 Å². The quantitative estimate of drug-likeness (QED) is 0.910. The van der Waals surface area contributed by atoms with Crippen LogP contribution in [-0.4, -0.2) is 41.5 Å². The smallest absolute Gasteiger partial charge is 0.267 e. The first kappa shape index (κ1) is 16.0. The fourth-order valence-electron chi connectivity index (χ4n) is 3.16. The zero-order chi connectivity index (χ0) is 16.4. The Morgan fingerprint density at radius 1 is 1.39 bits per heavy atom. The largest absolute Gasteiger partial charge is 0.351 e. The number of carbonyl (C=O) groups is 1. The number of amides is 1. The summed E-state index contributed by atoms with van der Waals surface area (Å²) >= 11 is 0. The summed E-state index contributed by atoms with van der Waals surface area (Å²) < 4.78 is 13.2. The number of H-pyrrole nitrogens is 1. The molecule has 0 aliphatic carbocycles. The summed E-state index contributed by atoms with van der Waals surface area (Å²) in [5.74, 6) is 0.370. The minimum Gasteiger partial charge on any atom is -0.351 e. The summed E-state index contributed by atoms with van der Waals surface area (Å²) in [6, 6.07) is 6.49. The van der Waals surface area contributed by atoms with Crippen LogP contribution in [0.25, 0.3) is 10.9 Å². The van der Waals surface area contributed by atoms with Gasteiger partial charge in [0.2, 0.25) is 0 Å². The Morgan fingerprint density at radius 2 is 2.13 bits per heavy atom. The third kappa shape index (κ3) is 3.72. The molecule has 2 aromatic rings. The molecule has 1 aromatic carbocycles. The average Bonchev–Trinajstić information content (AvgIpc) is 2.96. The first-order valence-electron chi connectivity index (χ1n) is 8.33. The number of likely N-dealkylation sites (tertiary alicyclic amines) is 1. The highest BCUT2D eigenvalue weighted by atomic mass is 19.1. The molecule has 1 atom stereocenters. The topological polar surface area (TPSA) is 48.1 Å². The van der Waals surface area contributed by atoms with Crippen LogP contribution < -0.4 is 5.32 Å². The van der Waals surface area contributed by atoms with Crippen molar-refractivity contribution in [3.05, 3.63) is 35.8 Å². The molecule has 1 aliphatic heterocycles. The van der Waals surface area contributed by atoms with E-state index in [2.05, 4.69) is 29.0 Å². The SMILES string of the molecule is CC1CCN(C(C)CNC(=O)c2cc3cc(F)ccc3[nH]2)CC1. The van der Waals surface area contributed by atoms with E-state index in [1.165, 1.54) is 25.0 Å². The van der Waals surface area contributed by atoms with Crippen LogP contribution in [0.3, 0.4) is 0 Å². The molecule has 4 nitrogen and oxygen atoms in total. The number of hydrogen-bond acceptors (Lipinski definition) is 2. The van der Waals surface area contributed by atoms with Gasteiger partial charge in [0.05, 0.1) is 0 Å². The Bertz CT molecular complexity index is 689. The lowest BCUT2D eigenvalue weighted by atomic mass is 9.98. The Balaban J connectivity index is 1.57.